The molecular weight excluding hydrogens is 244 g/mol. The first-order valence-corrected chi connectivity index (χ1v) is 7.45. The van der Waals surface area contributed by atoms with Crippen molar-refractivity contribution in [1.82, 2.24) is 10.3 Å². The Morgan fingerprint density at radius 1 is 1.61 bits per heavy atom. The van der Waals surface area contributed by atoms with E-state index < -0.39 is 0 Å². The van der Waals surface area contributed by atoms with Gasteiger partial charge in [-0.25, -0.2) is 4.98 Å². The lowest BCUT2D eigenvalue weighted by molar-refractivity contribution is 0.623. The van der Waals surface area contributed by atoms with Crippen LogP contribution in [-0.2, 0) is 0 Å². The van der Waals surface area contributed by atoms with Gasteiger partial charge in [-0.15, -0.1) is 11.3 Å². The van der Waals surface area contributed by atoms with Crippen LogP contribution in [0.1, 0.15) is 48.4 Å². The van der Waals surface area contributed by atoms with Gasteiger partial charge >= 0.3 is 0 Å². The molecule has 100 valence electrons. The van der Waals surface area contributed by atoms with Crippen LogP contribution in [0.5, 0.6) is 0 Å². The van der Waals surface area contributed by atoms with Crippen LogP contribution in [0.4, 0.5) is 0 Å². The van der Waals surface area contributed by atoms with Crippen LogP contribution in [0.3, 0.4) is 0 Å². The standard InChI is InChI=1S/C13H22N4S/c1-9(12-15-8-10(2)18-12)7-16-13(14)17-11-5-3-4-6-11/h8-9,11H,3-7H2,1-2H3,(H3,14,16,17). The van der Waals surface area contributed by atoms with E-state index in [-0.39, 0.29) is 0 Å². The molecule has 1 atom stereocenters. The molecule has 0 aliphatic heterocycles. The van der Waals surface area contributed by atoms with Crippen LogP contribution < -0.4 is 11.1 Å². The number of aliphatic imine (C=N–C) groups is 1. The van der Waals surface area contributed by atoms with Crippen molar-refractivity contribution in [2.75, 3.05) is 6.54 Å². The number of nitrogens with two attached hydrogens (primary N) is 1. The van der Waals surface area contributed by atoms with Crippen LogP contribution in [-0.4, -0.2) is 23.5 Å². The fraction of sp³-hybridized carbons (Fsp3) is 0.692. The molecule has 1 fully saturated rings. The van der Waals surface area contributed by atoms with Crippen LogP contribution in [0, 0.1) is 6.92 Å². The molecule has 2 rings (SSSR count). The summed E-state index contributed by atoms with van der Waals surface area (Å²) >= 11 is 1.74. The molecule has 0 aromatic carbocycles. The average molecular weight is 266 g/mol. The number of rotatable bonds is 4. The fourth-order valence-electron chi connectivity index (χ4n) is 2.24. The van der Waals surface area contributed by atoms with Crippen molar-refractivity contribution in [3.63, 3.8) is 0 Å². The molecule has 0 spiro atoms. The zero-order chi connectivity index (χ0) is 13.0. The molecule has 0 saturated heterocycles. The first-order valence-electron chi connectivity index (χ1n) is 6.64. The Labute approximate surface area is 113 Å². The third-order valence-electron chi connectivity index (χ3n) is 3.30. The van der Waals surface area contributed by atoms with Crippen LogP contribution in [0.2, 0.25) is 0 Å². The van der Waals surface area contributed by atoms with Gasteiger partial charge in [0, 0.05) is 23.0 Å². The van der Waals surface area contributed by atoms with E-state index >= 15 is 0 Å². The van der Waals surface area contributed by atoms with E-state index in [2.05, 4.69) is 29.1 Å². The number of guanidine groups is 1. The van der Waals surface area contributed by atoms with Gasteiger partial charge in [0.25, 0.3) is 0 Å². The Morgan fingerprint density at radius 2 is 2.33 bits per heavy atom. The molecule has 1 unspecified atom stereocenters. The SMILES string of the molecule is Cc1cnc(C(C)CN=C(N)NC2CCCC2)s1. The number of nitrogens with zero attached hydrogens (tertiary/aromatic N) is 2. The lowest BCUT2D eigenvalue weighted by atomic mass is 10.2. The molecule has 1 saturated carbocycles. The molecule has 5 heteroatoms. The topological polar surface area (TPSA) is 63.3 Å². The average Bonchev–Trinajstić information content (AvgIpc) is 2.97. The van der Waals surface area contributed by atoms with Gasteiger partial charge in [-0.05, 0) is 19.8 Å². The van der Waals surface area contributed by atoms with E-state index in [9.17, 15) is 0 Å². The van der Waals surface area contributed by atoms with Gasteiger partial charge in [0.05, 0.1) is 11.6 Å². The second-order valence-corrected chi connectivity index (χ2v) is 6.33. The van der Waals surface area contributed by atoms with Crippen LogP contribution >= 0.6 is 11.3 Å². The number of aryl methyl sites for hydroxylation is 1. The maximum atomic E-state index is 5.91. The van der Waals surface area contributed by atoms with Crippen molar-refractivity contribution in [2.45, 2.75) is 51.5 Å². The summed E-state index contributed by atoms with van der Waals surface area (Å²) in [7, 11) is 0. The maximum absolute atomic E-state index is 5.91. The van der Waals surface area contributed by atoms with E-state index in [4.69, 9.17) is 5.73 Å². The van der Waals surface area contributed by atoms with Crippen molar-refractivity contribution in [1.29, 1.82) is 0 Å². The molecule has 3 N–H and O–H groups in total. The monoisotopic (exact) mass is 266 g/mol. The van der Waals surface area contributed by atoms with Crippen molar-refractivity contribution >= 4 is 17.3 Å². The van der Waals surface area contributed by atoms with Crippen molar-refractivity contribution in [3.05, 3.63) is 16.1 Å². The van der Waals surface area contributed by atoms with Gasteiger partial charge in [-0.1, -0.05) is 19.8 Å². The lowest BCUT2D eigenvalue weighted by Crippen LogP contribution is -2.38. The summed E-state index contributed by atoms with van der Waals surface area (Å²) in [4.78, 5) is 10.1. The summed E-state index contributed by atoms with van der Waals surface area (Å²) < 4.78 is 0. The van der Waals surface area contributed by atoms with E-state index in [1.54, 1.807) is 11.3 Å². The predicted molar refractivity (Wildman–Crippen MR) is 77.1 cm³/mol. The summed E-state index contributed by atoms with van der Waals surface area (Å²) in [6, 6.07) is 0.533. The second-order valence-electron chi connectivity index (χ2n) is 5.06. The second kappa shape index (κ2) is 6.18. The molecule has 1 heterocycles. The quantitative estimate of drug-likeness (QED) is 0.650. The van der Waals surface area contributed by atoms with E-state index in [0.29, 0.717) is 24.5 Å². The predicted octanol–water partition coefficient (Wildman–Crippen LogP) is 2.40. The molecule has 1 aromatic heterocycles. The number of thiazole rings is 1. The van der Waals surface area contributed by atoms with Crippen molar-refractivity contribution < 1.29 is 0 Å². The summed E-state index contributed by atoms with van der Waals surface area (Å²) in [5.74, 6) is 0.926. The van der Waals surface area contributed by atoms with Crippen LogP contribution in [0.25, 0.3) is 0 Å². The van der Waals surface area contributed by atoms with Crippen molar-refractivity contribution in [3.8, 4) is 0 Å². The summed E-state index contributed by atoms with van der Waals surface area (Å²) in [6.07, 6.45) is 6.97. The summed E-state index contributed by atoms with van der Waals surface area (Å²) in [5, 5.41) is 4.45. The van der Waals surface area contributed by atoms with Gasteiger partial charge in [0.2, 0.25) is 0 Å². The molecule has 18 heavy (non-hydrogen) atoms. The Kier molecular flexibility index (Phi) is 4.58. The normalized spacial score (nSPS) is 19.1. The molecule has 1 aliphatic carbocycles. The molecule has 0 amide bonds. The van der Waals surface area contributed by atoms with Gasteiger partial charge < -0.3 is 11.1 Å². The Morgan fingerprint density at radius 3 is 2.94 bits per heavy atom. The van der Waals surface area contributed by atoms with E-state index in [1.807, 2.05) is 6.20 Å². The first-order chi connectivity index (χ1) is 8.65. The fourth-order valence-corrected chi connectivity index (χ4v) is 3.05. The highest BCUT2D eigenvalue weighted by Gasteiger charge is 2.15. The minimum atomic E-state index is 0.340. The zero-order valence-electron chi connectivity index (χ0n) is 11.1. The van der Waals surface area contributed by atoms with E-state index in [0.717, 1.165) is 5.01 Å². The number of hydrogen-bond acceptors (Lipinski definition) is 3. The first kappa shape index (κ1) is 13.3. The molecule has 0 radical (unpaired) electrons. The Bertz CT molecular complexity index is 407. The van der Waals surface area contributed by atoms with Gasteiger partial charge in [0.1, 0.15) is 0 Å². The molecule has 4 nitrogen and oxygen atoms in total. The Hall–Kier alpha value is -1.10. The van der Waals surface area contributed by atoms with Crippen molar-refractivity contribution in [2.24, 2.45) is 10.7 Å². The highest BCUT2D eigenvalue weighted by molar-refractivity contribution is 7.11. The maximum Gasteiger partial charge on any atom is 0.188 e. The summed E-state index contributed by atoms with van der Waals surface area (Å²) in [5.41, 5.74) is 5.91. The highest BCUT2D eigenvalue weighted by Crippen LogP contribution is 2.21. The number of nitrogens with one attached hydrogen (secondary N) is 1. The minimum Gasteiger partial charge on any atom is -0.370 e. The van der Waals surface area contributed by atoms with Gasteiger partial charge in [-0.2, -0.15) is 0 Å². The molecule has 1 aliphatic rings. The molecule has 1 aromatic rings. The third-order valence-corrected chi connectivity index (χ3v) is 4.45. The highest BCUT2D eigenvalue weighted by atomic mass is 32.1. The van der Waals surface area contributed by atoms with Crippen LogP contribution in [0.15, 0.2) is 11.2 Å². The minimum absolute atomic E-state index is 0.340. The number of hydrogen-bond donors (Lipinski definition) is 2. The molecule has 0 bridgehead atoms. The lowest BCUT2D eigenvalue weighted by Gasteiger charge is -2.13. The Balaban J connectivity index is 1.81. The zero-order valence-corrected chi connectivity index (χ0v) is 12.0. The summed E-state index contributed by atoms with van der Waals surface area (Å²) in [6.45, 7) is 4.93. The van der Waals surface area contributed by atoms with Gasteiger partial charge in [-0.3, -0.25) is 4.99 Å². The molecular formula is C13H22N4S. The van der Waals surface area contributed by atoms with E-state index in [1.165, 1.54) is 30.6 Å². The van der Waals surface area contributed by atoms with Gasteiger partial charge in [0.15, 0.2) is 5.96 Å². The number of aromatic nitrogens is 1. The smallest absolute Gasteiger partial charge is 0.188 e. The third kappa shape index (κ3) is 3.70. The largest absolute Gasteiger partial charge is 0.370 e.